The molecule has 0 N–H and O–H groups in total. The van der Waals surface area contributed by atoms with Crippen LogP contribution >= 0.6 is 0 Å². The summed E-state index contributed by atoms with van der Waals surface area (Å²) in [6.45, 7) is 0. The van der Waals surface area contributed by atoms with E-state index in [4.69, 9.17) is 4.42 Å². The molecule has 0 unspecified atom stereocenters. The minimum absolute atomic E-state index is 0.262. The van der Waals surface area contributed by atoms with E-state index < -0.39 is 5.41 Å². The fourth-order valence-electron chi connectivity index (χ4n) is 9.98. The van der Waals surface area contributed by atoms with Gasteiger partial charge in [0.2, 0.25) is 0 Å². The summed E-state index contributed by atoms with van der Waals surface area (Å²) in [7, 11) is 0. The third-order valence-electron chi connectivity index (χ3n) is 12.4. The highest BCUT2D eigenvalue weighted by Gasteiger charge is 2.53. The molecule has 10 aromatic rings. The number of hydrogen-bond donors (Lipinski definition) is 0. The Morgan fingerprint density at radius 3 is 1.64 bits per heavy atom. The molecule has 1 heterocycles. The van der Waals surface area contributed by atoms with E-state index in [0.29, 0.717) is 11.1 Å². The second kappa shape index (κ2) is 12.3. The Hall–Kier alpha value is -7.36. The average Bonchev–Trinajstić information content (AvgIpc) is 3.91. The molecule has 0 bridgehead atoms. The van der Waals surface area contributed by atoms with E-state index in [2.05, 4.69) is 78.9 Å². The number of furan rings is 1. The molecule has 0 radical (unpaired) electrons. The van der Waals surface area contributed by atoms with Crippen molar-refractivity contribution < 1.29 is 13.2 Å². The highest BCUT2D eigenvalue weighted by molar-refractivity contribution is 6.19. The fourth-order valence-corrected chi connectivity index (χ4v) is 9.98. The molecule has 272 valence electrons. The molecule has 2 aliphatic carbocycles. The maximum atomic E-state index is 16.0. The third-order valence-corrected chi connectivity index (χ3v) is 12.4. The molecule has 0 fully saturated rings. The van der Waals surface area contributed by atoms with Gasteiger partial charge in [0.1, 0.15) is 22.8 Å². The first-order valence-corrected chi connectivity index (χ1v) is 19.6. The normalized spacial score (nSPS) is 13.1. The average molecular weight is 747 g/mol. The molecule has 9 aromatic carbocycles. The number of halogens is 2. The first-order valence-electron chi connectivity index (χ1n) is 19.6. The zero-order valence-corrected chi connectivity index (χ0v) is 31.1. The smallest absolute Gasteiger partial charge is 0.144 e. The Labute approximate surface area is 334 Å². The standard InChI is InChI=1S/C55H32F2O/c56-49-28-25-37(29-43(49)34-15-5-2-6-16-34)44-32-48-53(54-52(44)42-19-9-12-22-51(42)58-54)41-27-24-35(36-23-26-38(50(57)31-36)33-13-3-1-4-14-33)30-47(41)55(48)45-20-10-7-17-39(45)40-18-8-11-21-46(40)55/h1-32H. The predicted octanol–water partition coefficient (Wildman–Crippen LogP) is 14.9. The van der Waals surface area contributed by atoms with Gasteiger partial charge < -0.3 is 4.42 Å². The molecule has 0 atom stereocenters. The van der Waals surface area contributed by atoms with Crippen LogP contribution in [0.15, 0.2) is 199 Å². The Morgan fingerprint density at radius 2 is 0.931 bits per heavy atom. The van der Waals surface area contributed by atoms with Crippen LogP contribution < -0.4 is 0 Å². The van der Waals surface area contributed by atoms with Crippen LogP contribution in [-0.2, 0) is 5.41 Å². The van der Waals surface area contributed by atoms with Crippen LogP contribution in [0.25, 0.3) is 88.7 Å². The van der Waals surface area contributed by atoms with Gasteiger partial charge in [0.25, 0.3) is 0 Å². The van der Waals surface area contributed by atoms with Crippen molar-refractivity contribution in [1.29, 1.82) is 0 Å². The molecule has 0 aliphatic heterocycles. The Bertz CT molecular complexity index is 3260. The summed E-state index contributed by atoms with van der Waals surface area (Å²) in [4.78, 5) is 0. The molecular formula is C55H32F2O. The summed E-state index contributed by atoms with van der Waals surface area (Å²) in [5.41, 5.74) is 16.3. The van der Waals surface area contributed by atoms with Crippen molar-refractivity contribution in [2.45, 2.75) is 5.41 Å². The van der Waals surface area contributed by atoms with Crippen molar-refractivity contribution in [2.24, 2.45) is 0 Å². The molecule has 0 saturated carbocycles. The molecule has 1 aromatic heterocycles. The highest BCUT2D eigenvalue weighted by Crippen LogP contribution is 2.65. The lowest BCUT2D eigenvalue weighted by Crippen LogP contribution is -2.26. The van der Waals surface area contributed by atoms with Crippen LogP contribution in [0, 0.1) is 11.6 Å². The van der Waals surface area contributed by atoms with Gasteiger partial charge in [-0.25, -0.2) is 8.78 Å². The lowest BCUT2D eigenvalue weighted by molar-refractivity contribution is 0.631. The predicted molar refractivity (Wildman–Crippen MR) is 232 cm³/mol. The van der Waals surface area contributed by atoms with E-state index in [-0.39, 0.29) is 11.6 Å². The monoisotopic (exact) mass is 746 g/mol. The maximum absolute atomic E-state index is 16.0. The molecule has 3 heteroatoms. The van der Waals surface area contributed by atoms with E-state index >= 15 is 8.78 Å². The zero-order chi connectivity index (χ0) is 38.5. The quantitative estimate of drug-likeness (QED) is 0.175. The van der Waals surface area contributed by atoms with E-state index in [9.17, 15) is 0 Å². The lowest BCUT2D eigenvalue weighted by atomic mass is 9.69. The van der Waals surface area contributed by atoms with Gasteiger partial charge in [-0.1, -0.05) is 158 Å². The summed E-state index contributed by atoms with van der Waals surface area (Å²) < 4.78 is 38.7. The van der Waals surface area contributed by atoms with Crippen molar-refractivity contribution in [1.82, 2.24) is 0 Å². The summed E-state index contributed by atoms with van der Waals surface area (Å²) in [6, 6.07) is 64.9. The van der Waals surface area contributed by atoms with Gasteiger partial charge in [-0.2, -0.15) is 0 Å². The van der Waals surface area contributed by atoms with Crippen molar-refractivity contribution in [3.63, 3.8) is 0 Å². The van der Waals surface area contributed by atoms with Gasteiger partial charge in [-0.3, -0.25) is 0 Å². The number of benzene rings is 9. The molecule has 12 rings (SSSR count). The van der Waals surface area contributed by atoms with Crippen LogP contribution in [0.5, 0.6) is 0 Å². The summed E-state index contributed by atoms with van der Waals surface area (Å²) >= 11 is 0. The van der Waals surface area contributed by atoms with Gasteiger partial charge >= 0.3 is 0 Å². The van der Waals surface area contributed by atoms with Gasteiger partial charge in [0, 0.05) is 27.5 Å². The topological polar surface area (TPSA) is 13.1 Å². The lowest BCUT2D eigenvalue weighted by Gasteiger charge is -2.31. The van der Waals surface area contributed by atoms with E-state index in [1.54, 1.807) is 12.1 Å². The van der Waals surface area contributed by atoms with Crippen LogP contribution in [0.2, 0.25) is 0 Å². The summed E-state index contributed by atoms with van der Waals surface area (Å²) in [6.07, 6.45) is 0. The first-order chi connectivity index (χ1) is 28.6. The van der Waals surface area contributed by atoms with Gasteiger partial charge in [-0.05, 0) is 109 Å². The molecule has 1 spiro atoms. The Morgan fingerprint density at radius 1 is 0.345 bits per heavy atom. The molecule has 0 amide bonds. The largest absolute Gasteiger partial charge is 0.455 e. The minimum atomic E-state index is -0.722. The van der Waals surface area contributed by atoms with Gasteiger partial charge in [0.05, 0.1) is 5.41 Å². The minimum Gasteiger partial charge on any atom is -0.455 e. The molecule has 1 nitrogen and oxygen atoms in total. The number of para-hydroxylation sites is 1. The van der Waals surface area contributed by atoms with Gasteiger partial charge in [0.15, 0.2) is 0 Å². The molecule has 2 aliphatic rings. The number of rotatable bonds is 4. The number of hydrogen-bond acceptors (Lipinski definition) is 1. The molecular weight excluding hydrogens is 715 g/mol. The fraction of sp³-hybridized carbons (Fsp3) is 0.0182. The second-order valence-electron chi connectivity index (χ2n) is 15.4. The number of fused-ring (bicyclic) bond motifs is 14. The highest BCUT2D eigenvalue weighted by atomic mass is 19.1. The van der Waals surface area contributed by atoms with Crippen LogP contribution in [0.3, 0.4) is 0 Å². The molecule has 58 heavy (non-hydrogen) atoms. The third kappa shape index (κ3) is 4.50. The summed E-state index contributed by atoms with van der Waals surface area (Å²) in [5, 5.41) is 1.99. The van der Waals surface area contributed by atoms with Crippen LogP contribution in [-0.4, -0.2) is 0 Å². The van der Waals surface area contributed by atoms with Crippen molar-refractivity contribution in [2.75, 3.05) is 0 Å². The zero-order valence-electron chi connectivity index (χ0n) is 31.1. The van der Waals surface area contributed by atoms with Crippen molar-refractivity contribution in [3.05, 3.63) is 228 Å². The van der Waals surface area contributed by atoms with Crippen molar-refractivity contribution in [3.8, 4) is 66.8 Å². The second-order valence-corrected chi connectivity index (χ2v) is 15.4. The van der Waals surface area contributed by atoms with Crippen LogP contribution in [0.1, 0.15) is 22.3 Å². The van der Waals surface area contributed by atoms with Crippen molar-refractivity contribution >= 4 is 21.9 Å². The Balaban J connectivity index is 1.18. The van der Waals surface area contributed by atoms with Gasteiger partial charge in [-0.15, -0.1) is 0 Å². The first kappa shape index (κ1) is 32.8. The Kier molecular flexibility index (Phi) is 6.98. The summed E-state index contributed by atoms with van der Waals surface area (Å²) in [5.74, 6) is -0.533. The molecule has 0 saturated heterocycles. The van der Waals surface area contributed by atoms with Crippen LogP contribution in [0.4, 0.5) is 8.78 Å². The maximum Gasteiger partial charge on any atom is 0.144 e. The van der Waals surface area contributed by atoms with E-state index in [1.165, 1.54) is 22.3 Å². The van der Waals surface area contributed by atoms with E-state index in [1.807, 2.05) is 103 Å². The van der Waals surface area contributed by atoms with E-state index in [0.717, 1.165) is 77.6 Å². The SMILES string of the molecule is Fc1cc(-c2ccc3c(c2)C2(c4ccccc4-c4ccccc42)c2cc(-c4ccc(F)c(-c5ccccc5)c4)c4c(oc5ccccc54)c2-3)ccc1-c1ccccc1.